The van der Waals surface area contributed by atoms with Gasteiger partial charge in [0.05, 0.1) is 12.8 Å². The zero-order valence-electron chi connectivity index (χ0n) is 11.6. The molecule has 0 spiro atoms. The van der Waals surface area contributed by atoms with Crippen LogP contribution in [0.4, 0.5) is 11.5 Å². The number of nitrogens with zero attached hydrogens (tertiary/aromatic N) is 2. The number of pyridine rings is 1. The van der Waals surface area contributed by atoms with Gasteiger partial charge in [0.25, 0.3) is 0 Å². The fourth-order valence-corrected chi connectivity index (χ4v) is 2.75. The van der Waals surface area contributed by atoms with E-state index in [1.807, 2.05) is 12.1 Å². The number of rotatable bonds is 3. The Labute approximate surface area is 119 Å². The molecular formula is C16H19N3O. The molecule has 4 heteroatoms. The Kier molecular flexibility index (Phi) is 3.46. The lowest BCUT2D eigenvalue weighted by Gasteiger charge is -2.18. The van der Waals surface area contributed by atoms with Crippen molar-refractivity contribution in [1.82, 2.24) is 4.98 Å². The van der Waals surface area contributed by atoms with Crippen molar-refractivity contribution in [2.24, 2.45) is 0 Å². The van der Waals surface area contributed by atoms with E-state index in [1.165, 1.54) is 5.56 Å². The molecule has 0 aliphatic carbocycles. The smallest absolute Gasteiger partial charge is 0.238 e. The summed E-state index contributed by atoms with van der Waals surface area (Å²) in [4.78, 5) is 6.77. The van der Waals surface area contributed by atoms with Crippen LogP contribution < -0.4 is 15.4 Å². The van der Waals surface area contributed by atoms with Gasteiger partial charge in [-0.2, -0.15) is 4.98 Å². The minimum absolute atomic E-state index is 0.505. The van der Waals surface area contributed by atoms with Crippen molar-refractivity contribution in [3.63, 3.8) is 0 Å². The highest BCUT2D eigenvalue weighted by atomic mass is 16.5. The molecule has 1 saturated heterocycles. The molecule has 0 radical (unpaired) electrons. The van der Waals surface area contributed by atoms with E-state index in [1.54, 1.807) is 7.11 Å². The van der Waals surface area contributed by atoms with E-state index >= 15 is 0 Å². The molecular weight excluding hydrogens is 250 g/mol. The molecule has 20 heavy (non-hydrogen) atoms. The summed E-state index contributed by atoms with van der Waals surface area (Å²) in [6.07, 6.45) is 1.15. The Morgan fingerprint density at radius 3 is 2.75 bits per heavy atom. The van der Waals surface area contributed by atoms with E-state index in [-0.39, 0.29) is 0 Å². The molecule has 1 fully saturated rings. The Hall–Kier alpha value is -2.23. The highest BCUT2D eigenvalue weighted by Crippen LogP contribution is 2.31. The third-order valence-electron chi connectivity index (χ3n) is 3.85. The number of benzene rings is 1. The van der Waals surface area contributed by atoms with Crippen molar-refractivity contribution in [2.75, 3.05) is 30.8 Å². The van der Waals surface area contributed by atoms with Gasteiger partial charge in [0.1, 0.15) is 5.82 Å². The highest BCUT2D eigenvalue weighted by Gasteiger charge is 2.25. The monoisotopic (exact) mass is 269 g/mol. The summed E-state index contributed by atoms with van der Waals surface area (Å²) in [5.41, 5.74) is 7.79. The number of nitrogens with two attached hydrogens (primary N) is 1. The van der Waals surface area contributed by atoms with Crippen LogP contribution in [-0.2, 0) is 0 Å². The fraction of sp³-hybridized carbons (Fsp3) is 0.312. The maximum atomic E-state index is 5.81. The van der Waals surface area contributed by atoms with Gasteiger partial charge >= 0.3 is 0 Å². The minimum Gasteiger partial charge on any atom is -0.479 e. The average Bonchev–Trinajstić information content (AvgIpc) is 2.98. The van der Waals surface area contributed by atoms with Crippen LogP contribution in [0.25, 0.3) is 0 Å². The topological polar surface area (TPSA) is 51.4 Å². The molecule has 1 aliphatic rings. The van der Waals surface area contributed by atoms with Crippen LogP contribution in [0.15, 0.2) is 42.5 Å². The summed E-state index contributed by atoms with van der Waals surface area (Å²) < 4.78 is 5.19. The number of aromatic nitrogens is 1. The zero-order valence-corrected chi connectivity index (χ0v) is 11.6. The van der Waals surface area contributed by atoms with Crippen LogP contribution in [0.5, 0.6) is 5.88 Å². The van der Waals surface area contributed by atoms with Crippen LogP contribution in [-0.4, -0.2) is 25.2 Å². The molecule has 1 aromatic heterocycles. The second-order valence-corrected chi connectivity index (χ2v) is 5.11. The SMILES string of the molecule is COc1nc(N2CCC(c3ccccc3)C2)ccc1N. The summed E-state index contributed by atoms with van der Waals surface area (Å²) in [6, 6.07) is 14.5. The van der Waals surface area contributed by atoms with Gasteiger partial charge in [0.2, 0.25) is 5.88 Å². The normalized spacial score (nSPS) is 18.2. The van der Waals surface area contributed by atoms with E-state index < -0.39 is 0 Å². The van der Waals surface area contributed by atoms with Crippen molar-refractivity contribution in [2.45, 2.75) is 12.3 Å². The first-order valence-corrected chi connectivity index (χ1v) is 6.88. The van der Waals surface area contributed by atoms with Gasteiger partial charge in [0, 0.05) is 19.0 Å². The van der Waals surface area contributed by atoms with Gasteiger partial charge in [0.15, 0.2) is 0 Å². The summed E-state index contributed by atoms with van der Waals surface area (Å²) in [5, 5.41) is 0. The Balaban J connectivity index is 1.77. The van der Waals surface area contributed by atoms with Gasteiger partial charge in [-0.1, -0.05) is 30.3 Å². The molecule has 0 amide bonds. The van der Waals surface area contributed by atoms with Crippen molar-refractivity contribution in [3.05, 3.63) is 48.0 Å². The fourth-order valence-electron chi connectivity index (χ4n) is 2.75. The molecule has 1 aliphatic heterocycles. The van der Waals surface area contributed by atoms with E-state index in [0.717, 1.165) is 25.3 Å². The summed E-state index contributed by atoms with van der Waals surface area (Å²) in [6.45, 7) is 2.00. The molecule has 104 valence electrons. The number of anilines is 2. The van der Waals surface area contributed by atoms with Gasteiger partial charge in [-0.3, -0.25) is 0 Å². The van der Waals surface area contributed by atoms with Crippen LogP contribution in [0.2, 0.25) is 0 Å². The van der Waals surface area contributed by atoms with E-state index in [0.29, 0.717) is 17.5 Å². The molecule has 1 aromatic carbocycles. The number of nitrogen functional groups attached to an aromatic ring is 1. The standard InChI is InChI=1S/C16H19N3O/c1-20-16-14(17)7-8-15(18-16)19-10-9-13(11-19)12-5-3-2-4-6-12/h2-8,13H,9-11,17H2,1H3. The second kappa shape index (κ2) is 5.41. The van der Waals surface area contributed by atoms with Gasteiger partial charge in [-0.05, 0) is 24.1 Å². The average molecular weight is 269 g/mol. The maximum Gasteiger partial charge on any atom is 0.238 e. The highest BCUT2D eigenvalue weighted by molar-refractivity contribution is 5.55. The third-order valence-corrected chi connectivity index (χ3v) is 3.85. The van der Waals surface area contributed by atoms with E-state index in [4.69, 9.17) is 10.5 Å². The summed E-state index contributed by atoms with van der Waals surface area (Å²) in [5.74, 6) is 2.02. The molecule has 0 saturated carbocycles. The Morgan fingerprint density at radius 1 is 1.20 bits per heavy atom. The minimum atomic E-state index is 0.505. The summed E-state index contributed by atoms with van der Waals surface area (Å²) >= 11 is 0. The van der Waals surface area contributed by atoms with E-state index in [9.17, 15) is 0 Å². The van der Waals surface area contributed by atoms with Gasteiger partial charge in [-0.15, -0.1) is 0 Å². The molecule has 2 aromatic rings. The lowest BCUT2D eigenvalue weighted by atomic mass is 9.99. The van der Waals surface area contributed by atoms with Gasteiger partial charge < -0.3 is 15.4 Å². The predicted molar refractivity (Wildman–Crippen MR) is 81.2 cm³/mol. The maximum absolute atomic E-state index is 5.81. The first kappa shape index (κ1) is 12.8. The lowest BCUT2D eigenvalue weighted by molar-refractivity contribution is 0.400. The van der Waals surface area contributed by atoms with E-state index in [2.05, 4.69) is 40.2 Å². The second-order valence-electron chi connectivity index (χ2n) is 5.11. The van der Waals surface area contributed by atoms with Crippen LogP contribution >= 0.6 is 0 Å². The summed E-state index contributed by atoms with van der Waals surface area (Å²) in [7, 11) is 1.60. The van der Waals surface area contributed by atoms with Crippen molar-refractivity contribution >= 4 is 11.5 Å². The number of hydrogen-bond donors (Lipinski definition) is 1. The first-order valence-electron chi connectivity index (χ1n) is 6.88. The zero-order chi connectivity index (χ0) is 13.9. The Morgan fingerprint density at radius 2 is 2.00 bits per heavy atom. The number of methoxy groups -OCH3 is 1. The third kappa shape index (κ3) is 2.41. The van der Waals surface area contributed by atoms with Crippen LogP contribution in [0.1, 0.15) is 17.9 Å². The molecule has 2 N–H and O–H groups in total. The molecule has 0 bridgehead atoms. The molecule has 1 unspecified atom stereocenters. The van der Waals surface area contributed by atoms with Gasteiger partial charge in [-0.25, -0.2) is 0 Å². The van der Waals surface area contributed by atoms with Crippen molar-refractivity contribution < 1.29 is 4.74 Å². The van der Waals surface area contributed by atoms with Crippen LogP contribution in [0, 0.1) is 0 Å². The van der Waals surface area contributed by atoms with Crippen LogP contribution in [0.3, 0.4) is 0 Å². The molecule has 1 atom stereocenters. The Bertz CT molecular complexity index is 586. The largest absolute Gasteiger partial charge is 0.479 e. The quantitative estimate of drug-likeness (QED) is 0.930. The number of ether oxygens (including phenoxy) is 1. The molecule has 3 rings (SSSR count). The first-order chi connectivity index (χ1) is 9.78. The van der Waals surface area contributed by atoms with Crippen molar-refractivity contribution in [1.29, 1.82) is 0 Å². The lowest BCUT2D eigenvalue weighted by Crippen LogP contribution is -2.20. The molecule has 4 nitrogen and oxygen atoms in total. The number of hydrogen-bond acceptors (Lipinski definition) is 4. The molecule has 2 heterocycles. The predicted octanol–water partition coefficient (Wildman–Crippen LogP) is 2.67. The van der Waals surface area contributed by atoms with Crippen molar-refractivity contribution in [3.8, 4) is 5.88 Å².